The first-order chi connectivity index (χ1) is 13.8. The fraction of sp³-hybridized carbons (Fsp3) is 0.350. The number of methoxy groups -OCH3 is 1. The maximum atomic E-state index is 13.2. The molecule has 0 aliphatic carbocycles. The predicted molar refractivity (Wildman–Crippen MR) is 106 cm³/mol. The van der Waals surface area contributed by atoms with Gasteiger partial charge in [0.15, 0.2) is 10.4 Å². The minimum atomic E-state index is -3.81. The van der Waals surface area contributed by atoms with E-state index in [0.29, 0.717) is 30.0 Å². The van der Waals surface area contributed by atoms with Crippen molar-refractivity contribution in [1.82, 2.24) is 19.4 Å². The number of aromatic nitrogens is 3. The first-order valence-corrected chi connectivity index (χ1v) is 10.7. The molecule has 0 N–H and O–H groups in total. The maximum absolute atomic E-state index is 13.2. The maximum Gasteiger partial charge on any atom is 0.361 e. The third kappa shape index (κ3) is 3.45. The van der Waals surface area contributed by atoms with E-state index >= 15 is 0 Å². The van der Waals surface area contributed by atoms with Crippen LogP contribution in [0, 0.1) is 20.8 Å². The molecule has 0 radical (unpaired) electrons. The molecule has 3 aromatic rings. The number of rotatable bonds is 4. The monoisotopic (exact) mass is 414 g/mol. The van der Waals surface area contributed by atoms with Crippen LogP contribution < -0.4 is 4.74 Å². The molecule has 0 fully saturated rings. The lowest BCUT2D eigenvalue weighted by molar-refractivity contribution is 0.282. The van der Waals surface area contributed by atoms with Crippen LogP contribution in [-0.2, 0) is 27.6 Å². The van der Waals surface area contributed by atoms with Gasteiger partial charge in [0.2, 0.25) is 0 Å². The van der Waals surface area contributed by atoms with Crippen LogP contribution in [0.4, 0.5) is 0 Å². The van der Waals surface area contributed by atoms with Gasteiger partial charge in [0.25, 0.3) is 0 Å². The molecule has 0 spiro atoms. The fourth-order valence-electron chi connectivity index (χ4n) is 3.46. The Bertz CT molecular complexity index is 1110. The van der Waals surface area contributed by atoms with Gasteiger partial charge in [-0.15, -0.1) is 4.31 Å². The van der Waals surface area contributed by atoms with Gasteiger partial charge in [-0.1, -0.05) is 9.37 Å². The molecule has 0 bridgehead atoms. The van der Waals surface area contributed by atoms with E-state index in [0.717, 1.165) is 28.3 Å². The summed E-state index contributed by atoms with van der Waals surface area (Å²) in [4.78, 5) is 9.17. The zero-order valence-electron chi connectivity index (χ0n) is 16.8. The molecule has 2 aromatic heterocycles. The van der Waals surface area contributed by atoms with Crippen LogP contribution in [0.2, 0.25) is 0 Å². The number of aryl methyl sites for hydroxylation is 2. The van der Waals surface area contributed by atoms with Crippen LogP contribution in [0.1, 0.15) is 28.3 Å². The zero-order valence-corrected chi connectivity index (χ0v) is 17.6. The molecular formula is C20H22N4O4S. The second-order valence-electron chi connectivity index (χ2n) is 7.04. The molecule has 9 heteroatoms. The van der Waals surface area contributed by atoms with Crippen LogP contribution in [-0.4, -0.2) is 37.6 Å². The van der Waals surface area contributed by atoms with Gasteiger partial charge in [-0.3, -0.25) is 0 Å². The third-order valence-corrected chi connectivity index (χ3v) is 7.03. The number of hydrogen-bond donors (Lipinski definition) is 0. The second-order valence-corrected chi connectivity index (χ2v) is 8.88. The van der Waals surface area contributed by atoms with Gasteiger partial charge < -0.3 is 13.8 Å². The predicted octanol–water partition coefficient (Wildman–Crippen LogP) is 3.03. The topological polar surface area (TPSA) is 104 Å². The van der Waals surface area contributed by atoms with Crippen molar-refractivity contribution < 1.29 is 18.0 Å². The van der Waals surface area contributed by atoms with Gasteiger partial charge in [-0.25, -0.2) is 9.97 Å². The Kier molecular flexibility index (Phi) is 4.97. The lowest BCUT2D eigenvalue weighted by Crippen LogP contribution is -2.41. The summed E-state index contributed by atoms with van der Waals surface area (Å²) in [5.41, 5.74) is 4.41. The van der Waals surface area contributed by atoms with E-state index in [4.69, 9.17) is 9.26 Å². The average molecular weight is 414 g/mol. The summed E-state index contributed by atoms with van der Waals surface area (Å²) in [6.07, 6.45) is 0.507. The molecule has 1 aliphatic heterocycles. The van der Waals surface area contributed by atoms with E-state index < -0.39 is 10.4 Å². The SMILES string of the molecule is COc1ccc(-c2nc(C)nc3c2CN([S+](=O)([O-])c2onc(C)c2C)CC3)cc1. The molecule has 0 saturated carbocycles. The Hall–Kier alpha value is -2.62. The van der Waals surface area contributed by atoms with E-state index in [1.54, 1.807) is 21.0 Å². The van der Waals surface area contributed by atoms with Crippen LogP contribution >= 0.6 is 0 Å². The normalized spacial score (nSPS) is 16.3. The van der Waals surface area contributed by atoms with Gasteiger partial charge in [-0.05, 0) is 45.0 Å². The first-order valence-electron chi connectivity index (χ1n) is 9.25. The van der Waals surface area contributed by atoms with E-state index in [-0.39, 0.29) is 11.6 Å². The summed E-state index contributed by atoms with van der Waals surface area (Å²) in [6, 6.07) is 7.55. The van der Waals surface area contributed by atoms with Crippen molar-refractivity contribution >= 4 is 10.4 Å². The summed E-state index contributed by atoms with van der Waals surface area (Å²) in [5.74, 6) is 1.40. The average Bonchev–Trinajstić information content (AvgIpc) is 3.06. The minimum Gasteiger partial charge on any atom is -0.590 e. The van der Waals surface area contributed by atoms with Gasteiger partial charge >= 0.3 is 5.09 Å². The van der Waals surface area contributed by atoms with Crippen molar-refractivity contribution in [3.05, 3.63) is 52.6 Å². The Morgan fingerprint density at radius 3 is 2.52 bits per heavy atom. The summed E-state index contributed by atoms with van der Waals surface area (Å²) in [7, 11) is -2.19. The number of benzene rings is 1. The smallest absolute Gasteiger partial charge is 0.361 e. The van der Waals surface area contributed by atoms with Gasteiger partial charge in [0.05, 0.1) is 42.8 Å². The summed E-state index contributed by atoms with van der Waals surface area (Å²) >= 11 is 0. The van der Waals surface area contributed by atoms with Crippen molar-refractivity contribution in [2.75, 3.05) is 13.7 Å². The quantitative estimate of drug-likeness (QED) is 0.604. The van der Waals surface area contributed by atoms with Gasteiger partial charge in [-0.2, -0.15) is 0 Å². The van der Waals surface area contributed by atoms with E-state index in [1.165, 1.54) is 4.31 Å². The Balaban J connectivity index is 1.75. The zero-order chi connectivity index (χ0) is 20.8. The number of nitrogens with zero attached hydrogens (tertiary/aromatic N) is 4. The largest absolute Gasteiger partial charge is 0.590 e. The Morgan fingerprint density at radius 1 is 1.17 bits per heavy atom. The lowest BCUT2D eigenvalue weighted by atomic mass is 10.00. The Labute approximate surface area is 170 Å². The van der Waals surface area contributed by atoms with Crippen molar-refractivity contribution in [3.63, 3.8) is 0 Å². The molecule has 0 amide bonds. The second kappa shape index (κ2) is 7.33. The highest BCUT2D eigenvalue weighted by atomic mass is 32.3. The fourth-order valence-corrected chi connectivity index (χ4v) is 4.99. The van der Waals surface area contributed by atoms with Crippen LogP contribution in [0.25, 0.3) is 11.3 Å². The molecule has 1 aliphatic rings. The highest BCUT2D eigenvalue weighted by molar-refractivity contribution is 7.95. The molecule has 29 heavy (non-hydrogen) atoms. The molecular weight excluding hydrogens is 392 g/mol. The van der Waals surface area contributed by atoms with E-state index in [1.807, 2.05) is 31.2 Å². The molecule has 0 saturated heterocycles. The highest BCUT2D eigenvalue weighted by Crippen LogP contribution is 2.34. The molecule has 1 aromatic carbocycles. The molecule has 3 heterocycles. The molecule has 1 atom stereocenters. The summed E-state index contributed by atoms with van der Waals surface area (Å²) in [5, 5.41) is 3.70. The summed E-state index contributed by atoms with van der Waals surface area (Å²) in [6.45, 7) is 5.77. The van der Waals surface area contributed by atoms with Crippen molar-refractivity contribution in [3.8, 4) is 17.0 Å². The van der Waals surface area contributed by atoms with Crippen LogP contribution in [0.3, 0.4) is 0 Å². The number of hydrogen-bond acceptors (Lipinski definition) is 7. The molecule has 8 nitrogen and oxygen atoms in total. The lowest BCUT2D eigenvalue weighted by Gasteiger charge is -2.30. The number of ether oxygens (including phenoxy) is 1. The highest BCUT2D eigenvalue weighted by Gasteiger charge is 2.40. The van der Waals surface area contributed by atoms with Gasteiger partial charge in [0.1, 0.15) is 11.6 Å². The number of fused-ring (bicyclic) bond motifs is 1. The molecule has 1 unspecified atom stereocenters. The summed E-state index contributed by atoms with van der Waals surface area (Å²) < 4.78 is 38.1. The van der Waals surface area contributed by atoms with Gasteiger partial charge in [0, 0.05) is 17.5 Å². The standard InChI is InChI=1S/C20H22N4O4S/c1-12-13(2)23-28-20(12)29(25,26)24-10-9-18-17(11-24)19(22-14(3)21-18)15-5-7-16(27-4)8-6-15/h5-8H,9-11H2,1-4H3. The van der Waals surface area contributed by atoms with Crippen molar-refractivity contribution in [2.45, 2.75) is 38.8 Å². The third-order valence-electron chi connectivity index (χ3n) is 5.19. The number of sulfonamides is 1. The van der Waals surface area contributed by atoms with Crippen LogP contribution in [0.5, 0.6) is 5.75 Å². The van der Waals surface area contributed by atoms with Crippen molar-refractivity contribution in [2.24, 2.45) is 0 Å². The van der Waals surface area contributed by atoms with E-state index in [9.17, 15) is 8.76 Å². The van der Waals surface area contributed by atoms with E-state index in [2.05, 4.69) is 15.1 Å². The molecule has 152 valence electrons. The Morgan fingerprint density at radius 2 is 1.90 bits per heavy atom. The van der Waals surface area contributed by atoms with Crippen LogP contribution in [0.15, 0.2) is 33.9 Å². The van der Waals surface area contributed by atoms with Crippen molar-refractivity contribution in [1.29, 1.82) is 0 Å². The first kappa shape index (κ1) is 19.7. The molecule has 4 rings (SSSR count). The minimum absolute atomic E-state index is 0.0996.